The van der Waals surface area contributed by atoms with Gasteiger partial charge in [-0.25, -0.2) is 9.97 Å². The van der Waals surface area contributed by atoms with Crippen LogP contribution in [0.3, 0.4) is 0 Å². The highest BCUT2D eigenvalue weighted by molar-refractivity contribution is 7.18. The first kappa shape index (κ1) is 22.0. The van der Waals surface area contributed by atoms with E-state index in [1.807, 2.05) is 24.3 Å². The molecule has 0 saturated carbocycles. The lowest BCUT2D eigenvalue weighted by Crippen LogP contribution is -2.10. The summed E-state index contributed by atoms with van der Waals surface area (Å²) in [5, 5.41) is 3.28. The van der Waals surface area contributed by atoms with Crippen molar-refractivity contribution in [3.05, 3.63) is 102 Å². The lowest BCUT2D eigenvalue weighted by Gasteiger charge is -2.14. The van der Waals surface area contributed by atoms with Crippen LogP contribution >= 0.6 is 11.3 Å². The summed E-state index contributed by atoms with van der Waals surface area (Å²) in [6, 6.07) is 33.6. The first-order valence-electron chi connectivity index (χ1n) is 12.4. The molecule has 0 radical (unpaired) electrons. The molecule has 3 aromatic heterocycles. The number of nitrogens with zero attached hydrogens (tertiary/aromatic N) is 3. The van der Waals surface area contributed by atoms with Gasteiger partial charge in [0.1, 0.15) is 16.2 Å². The molecule has 5 heteroatoms. The number of rotatable bonds is 3. The van der Waals surface area contributed by atoms with Crippen LogP contribution in [0, 0.1) is 0 Å². The quantitative estimate of drug-likeness (QED) is 0.244. The molecule has 0 aliphatic rings. The van der Waals surface area contributed by atoms with Gasteiger partial charge < -0.3 is 4.42 Å². The lowest BCUT2D eigenvalue weighted by molar-refractivity contribution is 0.586. The summed E-state index contributed by atoms with van der Waals surface area (Å²) in [5.74, 6) is 0.839. The molecule has 4 aromatic carbocycles. The lowest BCUT2D eigenvalue weighted by atomic mass is 9.98. The van der Waals surface area contributed by atoms with E-state index in [4.69, 9.17) is 14.4 Å². The van der Waals surface area contributed by atoms with Crippen LogP contribution in [0.25, 0.3) is 60.6 Å². The Bertz CT molecular complexity index is 1900. The van der Waals surface area contributed by atoms with Crippen LogP contribution in [0.1, 0.15) is 25.8 Å². The van der Waals surface area contributed by atoms with E-state index in [1.54, 1.807) is 11.3 Å². The zero-order chi connectivity index (χ0) is 25.1. The topological polar surface area (TPSA) is 43.9 Å². The number of para-hydroxylation sites is 2. The third kappa shape index (κ3) is 3.58. The van der Waals surface area contributed by atoms with Crippen molar-refractivity contribution >= 4 is 43.8 Å². The largest absolute Gasteiger partial charge is 0.455 e. The number of imidazole rings is 1. The third-order valence-electron chi connectivity index (χ3n) is 6.74. The maximum Gasteiger partial charge on any atom is 0.176 e. The van der Waals surface area contributed by atoms with E-state index in [2.05, 4.69) is 98.1 Å². The van der Waals surface area contributed by atoms with E-state index in [0.717, 1.165) is 54.5 Å². The van der Waals surface area contributed by atoms with Crippen molar-refractivity contribution in [3.8, 4) is 28.2 Å². The summed E-state index contributed by atoms with van der Waals surface area (Å²) in [5.41, 5.74) is 6.91. The van der Waals surface area contributed by atoms with Crippen LogP contribution in [0.2, 0.25) is 0 Å². The average molecular weight is 500 g/mol. The summed E-state index contributed by atoms with van der Waals surface area (Å²) < 4.78 is 8.56. The molecule has 0 atom stereocenters. The van der Waals surface area contributed by atoms with Gasteiger partial charge >= 0.3 is 0 Å². The Kier molecular flexibility index (Phi) is 4.85. The van der Waals surface area contributed by atoms with Crippen LogP contribution in [-0.4, -0.2) is 14.5 Å². The van der Waals surface area contributed by atoms with Crippen LogP contribution in [-0.2, 0) is 5.41 Å². The number of benzene rings is 4. The van der Waals surface area contributed by atoms with Crippen LogP contribution in [0.5, 0.6) is 0 Å². The highest BCUT2D eigenvalue weighted by atomic mass is 32.1. The molecule has 180 valence electrons. The van der Waals surface area contributed by atoms with E-state index in [9.17, 15) is 0 Å². The molecule has 0 unspecified atom stereocenters. The zero-order valence-corrected chi connectivity index (χ0v) is 21.7. The highest BCUT2D eigenvalue weighted by Gasteiger charge is 2.25. The standard InChI is InChI=1S/C32H25N3OS/c1-32(2,3)31-34-29-30(37-31)33-28(25-14-9-13-24-23-12-7-8-15-26(23)36-27(24)25)35(29)22-18-16-21(17-19-22)20-10-5-4-6-11-20/h4-19H,1-3H3. The molecule has 0 N–H and O–H groups in total. The van der Waals surface area contributed by atoms with Gasteiger partial charge in [-0.2, -0.15) is 0 Å². The molecule has 4 nitrogen and oxygen atoms in total. The fourth-order valence-electron chi connectivity index (χ4n) is 4.87. The monoisotopic (exact) mass is 499 g/mol. The van der Waals surface area contributed by atoms with Crippen LogP contribution < -0.4 is 0 Å². The normalized spacial score (nSPS) is 12.2. The Labute approximate surface area is 218 Å². The number of aromatic nitrogens is 3. The Hall–Kier alpha value is -4.22. The van der Waals surface area contributed by atoms with E-state index < -0.39 is 0 Å². The second-order valence-corrected chi connectivity index (χ2v) is 11.3. The van der Waals surface area contributed by atoms with Crippen molar-refractivity contribution in [3.63, 3.8) is 0 Å². The molecule has 7 aromatic rings. The fraction of sp³-hybridized carbons (Fsp3) is 0.125. The Morgan fingerprint density at radius 3 is 2.19 bits per heavy atom. The van der Waals surface area contributed by atoms with E-state index in [-0.39, 0.29) is 5.41 Å². The van der Waals surface area contributed by atoms with Crippen molar-refractivity contribution in [2.45, 2.75) is 26.2 Å². The minimum atomic E-state index is -0.0493. The van der Waals surface area contributed by atoms with Gasteiger partial charge in [0.05, 0.1) is 5.56 Å². The van der Waals surface area contributed by atoms with Crippen LogP contribution in [0.4, 0.5) is 0 Å². The minimum absolute atomic E-state index is 0.0493. The number of thiazole rings is 1. The molecule has 0 aliphatic carbocycles. The van der Waals surface area contributed by atoms with Gasteiger partial charge in [0.15, 0.2) is 16.3 Å². The highest BCUT2D eigenvalue weighted by Crippen LogP contribution is 2.40. The molecule has 0 spiro atoms. The Balaban J connectivity index is 1.48. The predicted molar refractivity (Wildman–Crippen MR) is 154 cm³/mol. The van der Waals surface area contributed by atoms with Gasteiger partial charge in [0.25, 0.3) is 0 Å². The fourth-order valence-corrected chi connectivity index (χ4v) is 5.85. The summed E-state index contributed by atoms with van der Waals surface area (Å²) in [6.45, 7) is 6.58. The molecule has 0 saturated heterocycles. The van der Waals surface area contributed by atoms with Crippen molar-refractivity contribution < 1.29 is 4.42 Å². The summed E-state index contributed by atoms with van der Waals surface area (Å²) >= 11 is 1.67. The number of furan rings is 1. The smallest absolute Gasteiger partial charge is 0.176 e. The van der Waals surface area contributed by atoms with Crippen molar-refractivity contribution in [1.29, 1.82) is 0 Å². The molecule has 0 bridgehead atoms. The van der Waals surface area contributed by atoms with Gasteiger partial charge in [-0.1, -0.05) is 105 Å². The van der Waals surface area contributed by atoms with E-state index >= 15 is 0 Å². The summed E-state index contributed by atoms with van der Waals surface area (Å²) in [6.07, 6.45) is 0. The van der Waals surface area contributed by atoms with Crippen molar-refractivity contribution in [2.75, 3.05) is 0 Å². The summed E-state index contributed by atoms with van der Waals surface area (Å²) in [4.78, 5) is 11.2. The molecule has 0 aliphatic heterocycles. The van der Waals surface area contributed by atoms with Crippen LogP contribution in [0.15, 0.2) is 101 Å². The summed E-state index contributed by atoms with van der Waals surface area (Å²) in [7, 11) is 0. The third-order valence-corrected chi connectivity index (χ3v) is 8.11. The average Bonchev–Trinajstić information content (AvgIpc) is 3.60. The van der Waals surface area contributed by atoms with Gasteiger partial charge in [0.2, 0.25) is 0 Å². The van der Waals surface area contributed by atoms with Crippen molar-refractivity contribution in [2.24, 2.45) is 0 Å². The number of hydrogen-bond acceptors (Lipinski definition) is 4. The maximum atomic E-state index is 6.39. The van der Waals surface area contributed by atoms with E-state index in [0.29, 0.717) is 0 Å². The SMILES string of the molecule is CC(C)(C)c1nc2c(nc(-c3cccc4c3oc3ccccc34)n2-c2ccc(-c3ccccc3)cc2)s1. The van der Waals surface area contributed by atoms with Gasteiger partial charge in [0, 0.05) is 21.9 Å². The number of hydrogen-bond donors (Lipinski definition) is 0. The van der Waals surface area contributed by atoms with Crippen molar-refractivity contribution in [1.82, 2.24) is 14.5 Å². The first-order valence-corrected chi connectivity index (χ1v) is 13.3. The van der Waals surface area contributed by atoms with Gasteiger partial charge in [-0.05, 0) is 35.4 Å². The first-order chi connectivity index (χ1) is 18.0. The molecule has 0 amide bonds. The molecular weight excluding hydrogens is 474 g/mol. The zero-order valence-electron chi connectivity index (χ0n) is 20.9. The molecule has 0 fully saturated rings. The molecular formula is C32H25N3OS. The van der Waals surface area contributed by atoms with Gasteiger partial charge in [-0.3, -0.25) is 4.57 Å². The van der Waals surface area contributed by atoms with Gasteiger partial charge in [-0.15, -0.1) is 0 Å². The molecule has 7 rings (SSSR count). The Morgan fingerprint density at radius 2 is 1.41 bits per heavy atom. The second-order valence-electron chi connectivity index (χ2n) is 10.4. The Morgan fingerprint density at radius 1 is 0.703 bits per heavy atom. The molecule has 3 heterocycles. The minimum Gasteiger partial charge on any atom is -0.455 e. The predicted octanol–water partition coefficient (Wildman–Crippen LogP) is 9.01. The number of fused-ring (bicyclic) bond motifs is 4. The molecule has 37 heavy (non-hydrogen) atoms. The maximum absolute atomic E-state index is 6.39. The van der Waals surface area contributed by atoms with E-state index in [1.165, 1.54) is 11.1 Å². The second kappa shape index (κ2) is 8.15.